The van der Waals surface area contributed by atoms with E-state index < -0.39 is 34.2 Å². The molecular weight excluding hydrogens is 380 g/mol. The van der Waals surface area contributed by atoms with Crippen LogP contribution < -0.4 is 14.6 Å². The Morgan fingerprint density at radius 1 is 1.33 bits per heavy atom. The van der Waals surface area contributed by atoms with Gasteiger partial charge in [-0.2, -0.15) is 8.78 Å². The molecule has 0 amide bonds. The Kier molecular flexibility index (Phi) is 5.07. The number of halogens is 2. The third kappa shape index (κ3) is 4.04. The lowest BCUT2D eigenvalue weighted by molar-refractivity contribution is -0.0510. The van der Waals surface area contributed by atoms with E-state index in [1.165, 1.54) is 18.2 Å². The highest BCUT2D eigenvalue weighted by Gasteiger charge is 2.31. The zero-order valence-corrected chi connectivity index (χ0v) is 14.9. The first-order chi connectivity index (χ1) is 12.7. The Balaban J connectivity index is 2.20. The number of fused-ring (bicyclic) bond motifs is 3. The van der Waals surface area contributed by atoms with E-state index in [1.54, 1.807) is 18.2 Å². The standard InChI is InChI=1S/C18H17F2NO5S/c1-2-3-14-12-8-10(9-27(21,23)24)4-5-11(12)16-15(25-14)7-6-13(22)17(16)26-18(19)20/h2,4-8,14,18,22H,1,3,9H2,(H2,21,23,24). The zero-order chi connectivity index (χ0) is 19.8. The molecule has 0 radical (unpaired) electrons. The van der Waals surface area contributed by atoms with Crippen LogP contribution >= 0.6 is 0 Å². The molecule has 0 aliphatic carbocycles. The van der Waals surface area contributed by atoms with Crippen molar-refractivity contribution < 1.29 is 31.8 Å². The molecular formula is C18H17F2NO5S. The fraction of sp³-hybridized carbons (Fsp3) is 0.222. The number of rotatable bonds is 6. The Labute approximate surface area is 154 Å². The third-order valence-corrected chi connectivity index (χ3v) is 4.79. The summed E-state index contributed by atoms with van der Waals surface area (Å²) < 4.78 is 58.8. The Hall–Kier alpha value is -2.65. The van der Waals surface area contributed by atoms with E-state index in [9.17, 15) is 22.3 Å². The third-order valence-electron chi connectivity index (χ3n) is 4.06. The number of phenols is 1. The van der Waals surface area contributed by atoms with Gasteiger partial charge in [0.15, 0.2) is 11.5 Å². The van der Waals surface area contributed by atoms with Gasteiger partial charge in [-0.1, -0.05) is 24.3 Å². The molecule has 2 aromatic rings. The fourth-order valence-corrected chi connectivity index (χ4v) is 3.73. The summed E-state index contributed by atoms with van der Waals surface area (Å²) in [4.78, 5) is 0. The summed E-state index contributed by atoms with van der Waals surface area (Å²) >= 11 is 0. The van der Waals surface area contributed by atoms with Crippen LogP contribution in [-0.2, 0) is 15.8 Å². The van der Waals surface area contributed by atoms with E-state index in [2.05, 4.69) is 11.3 Å². The average molecular weight is 397 g/mol. The lowest BCUT2D eigenvalue weighted by Crippen LogP contribution is -2.17. The minimum absolute atomic E-state index is 0.174. The number of aromatic hydroxyl groups is 1. The number of hydrogen-bond acceptors (Lipinski definition) is 5. The topological polar surface area (TPSA) is 98.8 Å². The van der Waals surface area contributed by atoms with Gasteiger partial charge in [0.2, 0.25) is 10.0 Å². The number of sulfonamides is 1. The van der Waals surface area contributed by atoms with Gasteiger partial charge in [-0.05, 0) is 23.3 Å². The average Bonchev–Trinajstić information content (AvgIpc) is 2.56. The number of benzene rings is 2. The maximum Gasteiger partial charge on any atom is 0.387 e. The van der Waals surface area contributed by atoms with Crippen molar-refractivity contribution >= 4 is 10.0 Å². The summed E-state index contributed by atoms with van der Waals surface area (Å²) in [5.41, 5.74) is 1.66. The lowest BCUT2D eigenvalue weighted by Gasteiger charge is -2.30. The SMILES string of the molecule is C=CCC1Oc2ccc(O)c(OC(F)F)c2-c2ccc(CS(N)(=O)=O)cc21. The van der Waals surface area contributed by atoms with Crippen LogP contribution in [0.15, 0.2) is 43.0 Å². The molecule has 144 valence electrons. The fourth-order valence-electron chi connectivity index (χ4n) is 3.09. The van der Waals surface area contributed by atoms with Crippen LogP contribution in [0.5, 0.6) is 17.2 Å². The molecule has 6 nitrogen and oxygen atoms in total. The molecule has 1 unspecified atom stereocenters. The maximum atomic E-state index is 12.8. The van der Waals surface area contributed by atoms with Gasteiger partial charge < -0.3 is 14.6 Å². The summed E-state index contributed by atoms with van der Waals surface area (Å²) in [5.74, 6) is -0.977. The van der Waals surface area contributed by atoms with Gasteiger partial charge >= 0.3 is 6.61 Å². The highest BCUT2D eigenvalue weighted by atomic mass is 32.2. The number of alkyl halides is 2. The van der Waals surface area contributed by atoms with Crippen molar-refractivity contribution in [1.29, 1.82) is 0 Å². The van der Waals surface area contributed by atoms with Gasteiger partial charge in [0.25, 0.3) is 0 Å². The van der Waals surface area contributed by atoms with Crippen molar-refractivity contribution in [2.75, 3.05) is 0 Å². The van der Waals surface area contributed by atoms with Crippen molar-refractivity contribution in [2.45, 2.75) is 24.9 Å². The largest absolute Gasteiger partial charge is 0.504 e. The van der Waals surface area contributed by atoms with Crippen molar-refractivity contribution in [3.05, 3.63) is 54.1 Å². The van der Waals surface area contributed by atoms with E-state index >= 15 is 0 Å². The minimum atomic E-state index is -3.75. The minimum Gasteiger partial charge on any atom is -0.504 e. The second-order valence-electron chi connectivity index (χ2n) is 6.03. The van der Waals surface area contributed by atoms with Crippen LogP contribution in [-0.4, -0.2) is 20.1 Å². The highest BCUT2D eigenvalue weighted by Crippen LogP contribution is 2.51. The molecule has 1 aliphatic heterocycles. The van der Waals surface area contributed by atoms with E-state index in [4.69, 9.17) is 9.88 Å². The van der Waals surface area contributed by atoms with Gasteiger partial charge in [0.05, 0.1) is 11.3 Å². The van der Waals surface area contributed by atoms with E-state index in [1.807, 2.05) is 0 Å². The Morgan fingerprint density at radius 2 is 2.07 bits per heavy atom. The molecule has 0 fully saturated rings. The van der Waals surface area contributed by atoms with E-state index in [-0.39, 0.29) is 17.1 Å². The molecule has 0 bridgehead atoms. The summed E-state index contributed by atoms with van der Waals surface area (Å²) in [6.07, 6.45) is 1.52. The predicted molar refractivity (Wildman–Crippen MR) is 95.2 cm³/mol. The molecule has 0 spiro atoms. The molecule has 2 aromatic carbocycles. The van der Waals surface area contributed by atoms with Crippen LogP contribution in [0.4, 0.5) is 8.78 Å². The summed E-state index contributed by atoms with van der Waals surface area (Å²) in [6, 6.07) is 7.36. The summed E-state index contributed by atoms with van der Waals surface area (Å²) in [5, 5.41) is 15.1. The summed E-state index contributed by atoms with van der Waals surface area (Å²) in [7, 11) is -3.75. The van der Waals surface area contributed by atoms with Crippen molar-refractivity contribution in [2.24, 2.45) is 5.14 Å². The molecule has 1 heterocycles. The summed E-state index contributed by atoms with van der Waals surface area (Å²) in [6.45, 7) is 0.536. The molecule has 0 saturated heterocycles. The second kappa shape index (κ2) is 7.16. The van der Waals surface area contributed by atoms with Crippen LogP contribution in [0.1, 0.15) is 23.7 Å². The molecule has 1 atom stereocenters. The predicted octanol–water partition coefficient (Wildman–Crippen LogP) is 3.46. The van der Waals surface area contributed by atoms with Gasteiger partial charge in [-0.3, -0.25) is 0 Å². The maximum absolute atomic E-state index is 12.8. The lowest BCUT2D eigenvalue weighted by atomic mass is 9.89. The quantitative estimate of drug-likeness (QED) is 0.728. The monoisotopic (exact) mass is 397 g/mol. The molecule has 9 heteroatoms. The number of primary sulfonamides is 1. The van der Waals surface area contributed by atoms with Crippen molar-refractivity contribution in [1.82, 2.24) is 0 Å². The normalized spacial score (nSPS) is 15.6. The first-order valence-corrected chi connectivity index (χ1v) is 9.63. The highest BCUT2D eigenvalue weighted by molar-refractivity contribution is 7.88. The van der Waals surface area contributed by atoms with Crippen molar-refractivity contribution in [3.8, 4) is 28.4 Å². The van der Waals surface area contributed by atoms with E-state index in [0.717, 1.165) is 0 Å². The van der Waals surface area contributed by atoms with Gasteiger partial charge in [-0.25, -0.2) is 13.6 Å². The zero-order valence-electron chi connectivity index (χ0n) is 14.1. The second-order valence-corrected chi connectivity index (χ2v) is 7.64. The number of nitrogens with two attached hydrogens (primary N) is 1. The van der Waals surface area contributed by atoms with Gasteiger partial charge in [-0.15, -0.1) is 6.58 Å². The van der Waals surface area contributed by atoms with Crippen LogP contribution in [0, 0.1) is 0 Å². The van der Waals surface area contributed by atoms with Gasteiger partial charge in [0.1, 0.15) is 11.9 Å². The van der Waals surface area contributed by atoms with E-state index in [0.29, 0.717) is 23.1 Å². The van der Waals surface area contributed by atoms with Crippen LogP contribution in [0.3, 0.4) is 0 Å². The van der Waals surface area contributed by atoms with Crippen molar-refractivity contribution in [3.63, 3.8) is 0 Å². The van der Waals surface area contributed by atoms with Crippen LogP contribution in [0.25, 0.3) is 11.1 Å². The first-order valence-electron chi connectivity index (χ1n) is 7.91. The number of hydrogen-bond donors (Lipinski definition) is 2. The Bertz CT molecular complexity index is 991. The number of ether oxygens (including phenoxy) is 2. The smallest absolute Gasteiger partial charge is 0.387 e. The number of phenolic OH excluding ortho intramolecular Hbond substituents is 1. The molecule has 3 rings (SSSR count). The molecule has 0 aromatic heterocycles. The molecule has 27 heavy (non-hydrogen) atoms. The molecule has 1 aliphatic rings. The first kappa shape index (κ1) is 19.1. The molecule has 0 saturated carbocycles. The van der Waals surface area contributed by atoms with Crippen LogP contribution in [0.2, 0.25) is 0 Å². The Morgan fingerprint density at radius 3 is 2.70 bits per heavy atom. The molecule has 3 N–H and O–H groups in total. The van der Waals surface area contributed by atoms with Gasteiger partial charge in [0, 0.05) is 12.0 Å².